The van der Waals surface area contributed by atoms with Crippen LogP contribution in [0.4, 0.5) is 0 Å². The number of hydrogen-bond donors (Lipinski definition) is 2. The first kappa shape index (κ1) is 21.6. The lowest BCUT2D eigenvalue weighted by Crippen LogP contribution is -2.31. The molecule has 28 heavy (non-hydrogen) atoms. The Morgan fingerprint density at radius 1 is 1.18 bits per heavy atom. The van der Waals surface area contributed by atoms with E-state index in [2.05, 4.69) is 20.2 Å². The van der Waals surface area contributed by atoms with Crippen LogP contribution in [-0.2, 0) is 21.2 Å². The quantitative estimate of drug-likeness (QED) is 0.518. The molecule has 0 spiro atoms. The molecule has 0 bridgehead atoms. The summed E-state index contributed by atoms with van der Waals surface area (Å²) in [6.07, 6.45) is 1.23. The summed E-state index contributed by atoms with van der Waals surface area (Å²) in [6.45, 7) is 2.14. The number of sulfonamides is 1. The van der Waals surface area contributed by atoms with E-state index in [0.717, 1.165) is 0 Å². The lowest BCUT2D eigenvalue weighted by molar-refractivity contribution is -0.120. The van der Waals surface area contributed by atoms with Crippen LogP contribution in [0.2, 0.25) is 0 Å². The molecular formula is C17H24N4O6S. The summed E-state index contributed by atoms with van der Waals surface area (Å²) >= 11 is 0. The predicted molar refractivity (Wildman–Crippen MR) is 99.7 cm³/mol. The number of methoxy groups -OCH3 is 2. The number of aryl methyl sites for hydroxylation is 2. The fraction of sp³-hybridized carbons (Fsp3) is 0.471. The van der Waals surface area contributed by atoms with Gasteiger partial charge in [0, 0.05) is 32.0 Å². The molecule has 1 aromatic carbocycles. The predicted octanol–water partition coefficient (Wildman–Crippen LogP) is 0.813. The highest BCUT2D eigenvalue weighted by Gasteiger charge is 2.17. The zero-order chi connectivity index (χ0) is 20.6. The molecule has 0 radical (unpaired) electrons. The zero-order valence-corrected chi connectivity index (χ0v) is 16.8. The third-order valence-electron chi connectivity index (χ3n) is 3.77. The van der Waals surface area contributed by atoms with Crippen LogP contribution in [0.25, 0.3) is 0 Å². The van der Waals surface area contributed by atoms with Crippen LogP contribution < -0.4 is 19.5 Å². The molecule has 10 nitrogen and oxygen atoms in total. The van der Waals surface area contributed by atoms with Crippen molar-refractivity contribution < 1.29 is 27.2 Å². The average molecular weight is 412 g/mol. The molecule has 154 valence electrons. The molecule has 0 aliphatic carbocycles. The summed E-state index contributed by atoms with van der Waals surface area (Å²) in [5.74, 6) is 1.57. The third-order valence-corrected chi connectivity index (χ3v) is 5.23. The molecule has 0 saturated carbocycles. The summed E-state index contributed by atoms with van der Waals surface area (Å²) in [5, 5.41) is 6.40. The van der Waals surface area contributed by atoms with Gasteiger partial charge in [-0.25, -0.2) is 13.1 Å². The van der Waals surface area contributed by atoms with Crippen molar-refractivity contribution in [2.75, 3.05) is 27.3 Å². The Hall–Kier alpha value is -2.66. The Morgan fingerprint density at radius 3 is 2.57 bits per heavy atom. The first-order valence-electron chi connectivity index (χ1n) is 8.63. The number of aromatic nitrogens is 2. The minimum atomic E-state index is -3.77. The van der Waals surface area contributed by atoms with Crippen molar-refractivity contribution in [3.63, 3.8) is 0 Å². The fourth-order valence-electron chi connectivity index (χ4n) is 2.36. The van der Waals surface area contributed by atoms with Crippen molar-refractivity contribution in [2.45, 2.75) is 31.1 Å². The largest absolute Gasteiger partial charge is 0.493 e. The molecule has 11 heteroatoms. The maximum absolute atomic E-state index is 12.3. The van der Waals surface area contributed by atoms with Crippen LogP contribution in [0.1, 0.15) is 24.6 Å². The van der Waals surface area contributed by atoms with E-state index in [9.17, 15) is 13.2 Å². The standard InChI is InChI=1S/C17H24N4O6S/c1-12-20-17(27-21-12)5-4-9-18-16(22)8-10-19-28(23,24)13-6-7-14(25-2)15(11-13)26-3/h6-7,11,19H,4-5,8-10H2,1-3H3,(H,18,22). The summed E-state index contributed by atoms with van der Waals surface area (Å²) in [7, 11) is -0.879. The Labute approximate surface area is 163 Å². The summed E-state index contributed by atoms with van der Waals surface area (Å²) in [4.78, 5) is 15.9. The van der Waals surface area contributed by atoms with Crippen LogP contribution in [0, 0.1) is 6.92 Å². The topological polar surface area (TPSA) is 133 Å². The highest BCUT2D eigenvalue weighted by atomic mass is 32.2. The van der Waals surface area contributed by atoms with Gasteiger partial charge >= 0.3 is 0 Å². The van der Waals surface area contributed by atoms with Crippen LogP contribution >= 0.6 is 0 Å². The summed E-state index contributed by atoms with van der Waals surface area (Å²) in [6, 6.07) is 4.27. The fourth-order valence-corrected chi connectivity index (χ4v) is 3.41. The Bertz CT molecular complexity index is 897. The van der Waals surface area contributed by atoms with Gasteiger partial charge in [-0.1, -0.05) is 5.16 Å². The molecule has 2 aromatic rings. The van der Waals surface area contributed by atoms with Gasteiger partial charge in [-0.3, -0.25) is 4.79 Å². The first-order valence-corrected chi connectivity index (χ1v) is 10.1. The van der Waals surface area contributed by atoms with E-state index in [4.69, 9.17) is 14.0 Å². The van der Waals surface area contributed by atoms with E-state index >= 15 is 0 Å². The molecule has 1 amide bonds. The van der Waals surface area contributed by atoms with Crippen molar-refractivity contribution in [3.05, 3.63) is 29.9 Å². The van der Waals surface area contributed by atoms with Crippen molar-refractivity contribution in [1.29, 1.82) is 0 Å². The Balaban J connectivity index is 1.74. The van der Waals surface area contributed by atoms with Crippen molar-refractivity contribution in [2.24, 2.45) is 0 Å². The minimum absolute atomic E-state index is 0.0200. The number of ether oxygens (including phenoxy) is 2. The number of nitrogens with one attached hydrogen (secondary N) is 2. The minimum Gasteiger partial charge on any atom is -0.493 e. The van der Waals surface area contributed by atoms with Crippen LogP contribution in [-0.4, -0.2) is 51.8 Å². The number of nitrogens with zero attached hydrogens (tertiary/aromatic N) is 2. The summed E-state index contributed by atoms with van der Waals surface area (Å²) in [5.41, 5.74) is 0. The van der Waals surface area contributed by atoms with Gasteiger partial charge in [0.2, 0.25) is 21.8 Å². The van der Waals surface area contributed by atoms with Crippen LogP contribution in [0.3, 0.4) is 0 Å². The van der Waals surface area contributed by atoms with E-state index in [1.807, 2.05) is 0 Å². The van der Waals surface area contributed by atoms with Gasteiger partial charge in [-0.2, -0.15) is 4.98 Å². The molecule has 0 atom stereocenters. The SMILES string of the molecule is COc1ccc(S(=O)(=O)NCCC(=O)NCCCc2nc(C)no2)cc1OC. The van der Waals surface area contributed by atoms with Crippen molar-refractivity contribution in [3.8, 4) is 11.5 Å². The van der Waals surface area contributed by atoms with E-state index in [0.29, 0.717) is 42.6 Å². The van der Waals surface area contributed by atoms with Crippen LogP contribution in [0.5, 0.6) is 11.5 Å². The number of carbonyl (C=O) groups excluding carboxylic acids is 1. The zero-order valence-electron chi connectivity index (χ0n) is 16.0. The highest BCUT2D eigenvalue weighted by Crippen LogP contribution is 2.29. The van der Waals surface area contributed by atoms with Gasteiger partial charge in [0.05, 0.1) is 19.1 Å². The number of benzene rings is 1. The van der Waals surface area contributed by atoms with Gasteiger partial charge in [0.15, 0.2) is 17.3 Å². The molecule has 1 heterocycles. The van der Waals surface area contributed by atoms with Gasteiger partial charge in [0.1, 0.15) is 0 Å². The van der Waals surface area contributed by atoms with Gasteiger partial charge in [0.25, 0.3) is 0 Å². The molecule has 1 aromatic heterocycles. The smallest absolute Gasteiger partial charge is 0.240 e. The second-order valence-electron chi connectivity index (χ2n) is 5.85. The van der Waals surface area contributed by atoms with Gasteiger partial charge < -0.3 is 19.3 Å². The van der Waals surface area contributed by atoms with E-state index < -0.39 is 10.0 Å². The van der Waals surface area contributed by atoms with E-state index in [-0.39, 0.29) is 23.8 Å². The van der Waals surface area contributed by atoms with Gasteiger partial charge in [-0.05, 0) is 25.5 Å². The second-order valence-corrected chi connectivity index (χ2v) is 7.62. The average Bonchev–Trinajstić information content (AvgIpc) is 3.09. The maximum Gasteiger partial charge on any atom is 0.240 e. The molecule has 0 aliphatic heterocycles. The van der Waals surface area contributed by atoms with Crippen LogP contribution in [0.15, 0.2) is 27.6 Å². The first-order chi connectivity index (χ1) is 13.4. The molecule has 0 unspecified atom stereocenters. The summed E-state index contributed by atoms with van der Waals surface area (Å²) < 4.78 is 42.2. The lowest BCUT2D eigenvalue weighted by Gasteiger charge is -2.11. The second kappa shape index (κ2) is 10.0. The Morgan fingerprint density at radius 2 is 1.93 bits per heavy atom. The van der Waals surface area contributed by atoms with E-state index in [1.165, 1.54) is 32.4 Å². The monoisotopic (exact) mass is 412 g/mol. The number of hydrogen-bond acceptors (Lipinski definition) is 8. The Kier molecular flexibility index (Phi) is 7.76. The van der Waals surface area contributed by atoms with Gasteiger partial charge in [-0.15, -0.1) is 0 Å². The molecule has 0 aliphatic rings. The number of carbonyl (C=O) groups is 1. The number of amides is 1. The van der Waals surface area contributed by atoms with Crippen molar-refractivity contribution >= 4 is 15.9 Å². The normalized spacial score (nSPS) is 11.2. The third kappa shape index (κ3) is 6.20. The molecule has 0 fully saturated rings. The van der Waals surface area contributed by atoms with Crippen molar-refractivity contribution in [1.82, 2.24) is 20.2 Å². The highest BCUT2D eigenvalue weighted by molar-refractivity contribution is 7.89. The maximum atomic E-state index is 12.3. The molecule has 2 N–H and O–H groups in total. The molecular weight excluding hydrogens is 388 g/mol. The number of rotatable bonds is 11. The van der Waals surface area contributed by atoms with E-state index in [1.54, 1.807) is 6.92 Å². The molecule has 2 rings (SSSR count). The lowest BCUT2D eigenvalue weighted by atomic mass is 10.3. The molecule has 0 saturated heterocycles.